The lowest BCUT2D eigenvalue weighted by Crippen LogP contribution is -2.30. The van der Waals surface area contributed by atoms with E-state index in [-0.39, 0.29) is 5.91 Å². The second kappa shape index (κ2) is 6.61. The molecule has 0 bridgehead atoms. The fraction of sp³-hybridized carbons (Fsp3) is 0.667. The van der Waals surface area contributed by atoms with Crippen molar-refractivity contribution in [2.45, 2.75) is 58.4 Å². The lowest BCUT2D eigenvalue weighted by Gasteiger charge is -2.16. The van der Waals surface area contributed by atoms with E-state index in [0.717, 1.165) is 49.0 Å². The number of likely N-dealkylation sites (tertiary alicyclic amines) is 1. The molecule has 3 heterocycles. The molecule has 1 atom stereocenters. The van der Waals surface area contributed by atoms with E-state index >= 15 is 0 Å². The Morgan fingerprint density at radius 1 is 1.32 bits per heavy atom. The highest BCUT2D eigenvalue weighted by Gasteiger charge is 2.30. The maximum Gasteiger partial charge on any atom is 0.224 e. The molecule has 1 aliphatic carbocycles. The van der Waals surface area contributed by atoms with Gasteiger partial charge in [0.15, 0.2) is 5.82 Å². The minimum atomic E-state index is 0.228. The summed E-state index contributed by atoms with van der Waals surface area (Å²) in [5.41, 5.74) is 2.12. The Bertz CT molecular complexity index is 759. The number of aryl methyl sites for hydroxylation is 3. The number of amides is 1. The van der Waals surface area contributed by atoms with Crippen LogP contribution in [-0.4, -0.2) is 48.9 Å². The van der Waals surface area contributed by atoms with Gasteiger partial charge < -0.3 is 4.90 Å². The average Bonchev–Trinajstić information content (AvgIpc) is 3.00. The first-order valence-electron chi connectivity index (χ1n) is 9.28. The molecule has 2 aliphatic rings. The van der Waals surface area contributed by atoms with Crippen molar-refractivity contribution >= 4 is 5.91 Å². The average molecular weight is 342 g/mol. The summed E-state index contributed by atoms with van der Waals surface area (Å²) >= 11 is 0. The number of aromatic amines is 1. The Morgan fingerprint density at radius 3 is 2.88 bits per heavy atom. The monoisotopic (exact) mass is 342 g/mol. The molecular formula is C18H26N6O. The van der Waals surface area contributed by atoms with E-state index in [1.165, 1.54) is 12.8 Å². The summed E-state index contributed by atoms with van der Waals surface area (Å²) in [6.07, 6.45) is 4.89. The van der Waals surface area contributed by atoms with Crippen LogP contribution in [0.2, 0.25) is 0 Å². The van der Waals surface area contributed by atoms with Crippen LogP contribution in [0.25, 0.3) is 0 Å². The molecule has 2 fully saturated rings. The Morgan fingerprint density at radius 2 is 2.16 bits per heavy atom. The summed E-state index contributed by atoms with van der Waals surface area (Å²) in [7, 11) is 0. The highest BCUT2D eigenvalue weighted by molar-refractivity contribution is 5.76. The van der Waals surface area contributed by atoms with Crippen LogP contribution in [0, 0.1) is 19.8 Å². The number of nitrogens with one attached hydrogen (secondary N) is 1. The second-order valence-electron chi connectivity index (χ2n) is 7.51. The number of hydrogen-bond acceptors (Lipinski definition) is 4. The van der Waals surface area contributed by atoms with Gasteiger partial charge in [0, 0.05) is 44.1 Å². The van der Waals surface area contributed by atoms with Crippen LogP contribution in [0.4, 0.5) is 0 Å². The Labute approximate surface area is 147 Å². The van der Waals surface area contributed by atoms with Crippen molar-refractivity contribution in [3.8, 4) is 0 Å². The number of nitrogens with zero attached hydrogens (tertiary/aromatic N) is 5. The summed E-state index contributed by atoms with van der Waals surface area (Å²) in [4.78, 5) is 19.1. The molecule has 2 aromatic rings. The zero-order valence-corrected chi connectivity index (χ0v) is 15.0. The van der Waals surface area contributed by atoms with Crippen LogP contribution >= 0.6 is 0 Å². The second-order valence-corrected chi connectivity index (χ2v) is 7.51. The molecule has 1 unspecified atom stereocenters. The van der Waals surface area contributed by atoms with Crippen molar-refractivity contribution in [2.75, 3.05) is 13.1 Å². The molecule has 1 N–H and O–H groups in total. The number of hydrogen-bond donors (Lipinski definition) is 1. The Kier molecular flexibility index (Phi) is 4.31. The summed E-state index contributed by atoms with van der Waals surface area (Å²) in [5.74, 6) is 3.25. The van der Waals surface area contributed by atoms with Gasteiger partial charge in [0.25, 0.3) is 0 Å². The van der Waals surface area contributed by atoms with E-state index in [9.17, 15) is 4.79 Å². The van der Waals surface area contributed by atoms with Gasteiger partial charge in [0.1, 0.15) is 5.82 Å². The van der Waals surface area contributed by atoms with Crippen LogP contribution in [0.15, 0.2) is 6.07 Å². The number of rotatable bonds is 6. The maximum absolute atomic E-state index is 12.5. The first-order valence-corrected chi connectivity index (χ1v) is 9.28. The van der Waals surface area contributed by atoms with Gasteiger partial charge in [-0.25, -0.2) is 4.98 Å². The number of H-pyrrole nitrogens is 1. The van der Waals surface area contributed by atoms with Gasteiger partial charge >= 0.3 is 0 Å². The Hall–Kier alpha value is -2.18. The smallest absolute Gasteiger partial charge is 0.224 e. The Balaban J connectivity index is 1.26. The molecule has 1 saturated heterocycles. The molecule has 1 saturated carbocycles. The standard InChI is InChI=1S/C18H26N6O/c1-12-9-13(2)24(22-12)8-6-17(25)23-7-5-14(11-23)10-16-19-18(21-20-16)15-3-4-15/h9,14-15H,3-8,10-11H2,1-2H3,(H,19,20,21). The third-order valence-electron chi connectivity index (χ3n) is 5.25. The first kappa shape index (κ1) is 16.3. The van der Waals surface area contributed by atoms with Crippen molar-refractivity contribution in [2.24, 2.45) is 5.92 Å². The normalized spacial score (nSPS) is 20.4. The molecule has 7 heteroatoms. The molecule has 1 amide bonds. The predicted octanol–water partition coefficient (Wildman–Crippen LogP) is 1.98. The molecule has 0 spiro atoms. The van der Waals surface area contributed by atoms with Gasteiger partial charge in [0.2, 0.25) is 5.91 Å². The van der Waals surface area contributed by atoms with Crippen molar-refractivity contribution in [1.82, 2.24) is 29.9 Å². The van der Waals surface area contributed by atoms with E-state index in [0.29, 0.717) is 24.8 Å². The summed E-state index contributed by atoms with van der Waals surface area (Å²) in [6.45, 7) is 6.35. The number of carbonyl (C=O) groups is 1. The zero-order chi connectivity index (χ0) is 17.4. The van der Waals surface area contributed by atoms with Gasteiger partial charge in [-0.1, -0.05) is 0 Å². The third-order valence-corrected chi connectivity index (χ3v) is 5.25. The molecule has 7 nitrogen and oxygen atoms in total. The predicted molar refractivity (Wildman–Crippen MR) is 93.1 cm³/mol. The quantitative estimate of drug-likeness (QED) is 0.870. The van der Waals surface area contributed by atoms with Crippen molar-refractivity contribution in [1.29, 1.82) is 0 Å². The lowest BCUT2D eigenvalue weighted by molar-refractivity contribution is -0.130. The molecule has 0 aromatic carbocycles. The third kappa shape index (κ3) is 3.75. The summed E-state index contributed by atoms with van der Waals surface area (Å²) in [6, 6.07) is 2.05. The van der Waals surface area contributed by atoms with Gasteiger partial charge in [-0.3, -0.25) is 14.6 Å². The van der Waals surface area contributed by atoms with E-state index in [4.69, 9.17) is 0 Å². The van der Waals surface area contributed by atoms with Crippen molar-refractivity contribution in [3.63, 3.8) is 0 Å². The maximum atomic E-state index is 12.5. The highest BCUT2D eigenvalue weighted by atomic mass is 16.2. The van der Waals surface area contributed by atoms with E-state index < -0.39 is 0 Å². The van der Waals surface area contributed by atoms with Crippen LogP contribution in [-0.2, 0) is 17.8 Å². The number of aromatic nitrogens is 5. The largest absolute Gasteiger partial charge is 0.342 e. The summed E-state index contributed by atoms with van der Waals surface area (Å²) < 4.78 is 1.93. The van der Waals surface area contributed by atoms with Crippen molar-refractivity contribution < 1.29 is 4.79 Å². The molecule has 134 valence electrons. The van der Waals surface area contributed by atoms with Crippen molar-refractivity contribution in [3.05, 3.63) is 29.1 Å². The van der Waals surface area contributed by atoms with E-state index in [1.807, 2.05) is 29.5 Å². The molecular weight excluding hydrogens is 316 g/mol. The minimum absolute atomic E-state index is 0.228. The zero-order valence-electron chi connectivity index (χ0n) is 15.0. The lowest BCUT2D eigenvalue weighted by atomic mass is 10.1. The first-order chi connectivity index (χ1) is 12.1. The molecule has 2 aromatic heterocycles. The SMILES string of the molecule is Cc1cc(C)n(CCC(=O)N2CCC(Cc3nc(C4CC4)n[nH]3)C2)n1. The van der Waals surface area contributed by atoms with Gasteiger partial charge in [0.05, 0.1) is 5.69 Å². The van der Waals surface area contributed by atoms with Crippen LogP contribution in [0.5, 0.6) is 0 Å². The van der Waals surface area contributed by atoms with Gasteiger partial charge in [-0.05, 0) is 45.1 Å². The van der Waals surface area contributed by atoms with Gasteiger partial charge in [-0.2, -0.15) is 10.2 Å². The van der Waals surface area contributed by atoms with E-state index in [2.05, 4.69) is 20.3 Å². The molecule has 0 radical (unpaired) electrons. The van der Waals surface area contributed by atoms with Crippen LogP contribution < -0.4 is 0 Å². The molecule has 1 aliphatic heterocycles. The van der Waals surface area contributed by atoms with Crippen LogP contribution in [0.1, 0.15) is 54.6 Å². The number of carbonyl (C=O) groups excluding carboxylic acids is 1. The topological polar surface area (TPSA) is 79.7 Å². The molecule has 25 heavy (non-hydrogen) atoms. The fourth-order valence-corrected chi connectivity index (χ4v) is 3.69. The molecule has 4 rings (SSSR count). The highest BCUT2D eigenvalue weighted by Crippen LogP contribution is 2.37. The van der Waals surface area contributed by atoms with Crippen LogP contribution in [0.3, 0.4) is 0 Å². The van der Waals surface area contributed by atoms with E-state index in [1.54, 1.807) is 0 Å². The minimum Gasteiger partial charge on any atom is -0.342 e. The fourth-order valence-electron chi connectivity index (χ4n) is 3.69. The summed E-state index contributed by atoms with van der Waals surface area (Å²) in [5, 5.41) is 11.8. The van der Waals surface area contributed by atoms with Gasteiger partial charge in [-0.15, -0.1) is 0 Å².